The third kappa shape index (κ3) is 1.59. The average Bonchev–Trinajstić information content (AvgIpc) is 2.67. The number of ketones is 1. The van der Waals surface area contributed by atoms with E-state index in [9.17, 15) is 14.3 Å². The van der Waals surface area contributed by atoms with E-state index in [1.54, 1.807) is 24.3 Å². The number of fused-ring (bicyclic) bond motifs is 1. The Balaban J connectivity index is 2.14. The quantitative estimate of drug-likeness (QED) is 0.833. The third-order valence-electron chi connectivity index (χ3n) is 3.38. The van der Waals surface area contributed by atoms with Gasteiger partial charge in [0.1, 0.15) is 11.6 Å². The first-order valence-corrected chi connectivity index (χ1v) is 5.77. The molecule has 3 heteroatoms. The second kappa shape index (κ2) is 3.95. The molecule has 0 saturated heterocycles. The van der Waals surface area contributed by atoms with Crippen molar-refractivity contribution in [2.45, 2.75) is 12.3 Å². The van der Waals surface area contributed by atoms with E-state index in [0.717, 1.165) is 5.56 Å². The van der Waals surface area contributed by atoms with Crippen molar-refractivity contribution in [3.05, 3.63) is 65.0 Å². The number of carbonyl (C=O) groups is 1. The van der Waals surface area contributed by atoms with Gasteiger partial charge in [-0.2, -0.15) is 0 Å². The largest absolute Gasteiger partial charge is 0.508 e. The Morgan fingerprint density at radius 2 is 1.89 bits per heavy atom. The summed E-state index contributed by atoms with van der Waals surface area (Å²) in [6.45, 7) is 0. The monoisotopic (exact) mass is 242 g/mol. The summed E-state index contributed by atoms with van der Waals surface area (Å²) < 4.78 is 13.8. The van der Waals surface area contributed by atoms with E-state index in [1.807, 2.05) is 0 Å². The molecule has 3 rings (SSSR count). The molecule has 2 nitrogen and oxygen atoms in total. The summed E-state index contributed by atoms with van der Waals surface area (Å²) in [4.78, 5) is 11.9. The summed E-state index contributed by atoms with van der Waals surface area (Å²) in [6.07, 6.45) is 0.264. The van der Waals surface area contributed by atoms with Crippen molar-refractivity contribution in [1.82, 2.24) is 0 Å². The molecule has 0 heterocycles. The Labute approximate surface area is 104 Å². The second-order valence-corrected chi connectivity index (χ2v) is 4.47. The summed E-state index contributed by atoms with van der Waals surface area (Å²) in [5.41, 5.74) is 1.83. The number of rotatable bonds is 1. The maximum absolute atomic E-state index is 13.8. The van der Waals surface area contributed by atoms with Crippen LogP contribution in [0.4, 0.5) is 4.39 Å². The van der Waals surface area contributed by atoms with Crippen LogP contribution in [-0.2, 0) is 0 Å². The lowest BCUT2D eigenvalue weighted by atomic mass is 9.92. The molecule has 1 N–H and O–H groups in total. The number of carbonyl (C=O) groups excluding carboxylic acids is 1. The van der Waals surface area contributed by atoms with E-state index in [0.29, 0.717) is 11.1 Å². The van der Waals surface area contributed by atoms with Crippen molar-refractivity contribution in [1.29, 1.82) is 0 Å². The SMILES string of the molecule is O=C1CC(c2ccccc2F)c2ccc(O)cc21. The smallest absolute Gasteiger partial charge is 0.164 e. The predicted molar refractivity (Wildman–Crippen MR) is 65.3 cm³/mol. The van der Waals surface area contributed by atoms with Gasteiger partial charge in [-0.1, -0.05) is 24.3 Å². The Hall–Kier alpha value is -2.16. The number of phenolic OH excluding ortho intramolecular Hbond substituents is 1. The molecule has 1 aliphatic rings. The fraction of sp³-hybridized carbons (Fsp3) is 0.133. The number of Topliss-reactive ketones (excluding diaryl/α,β-unsaturated/α-hetero) is 1. The highest BCUT2D eigenvalue weighted by Gasteiger charge is 2.31. The first-order chi connectivity index (χ1) is 8.66. The molecule has 1 aliphatic carbocycles. The van der Waals surface area contributed by atoms with Gasteiger partial charge < -0.3 is 5.11 Å². The Kier molecular flexibility index (Phi) is 2.40. The van der Waals surface area contributed by atoms with Crippen LogP contribution in [0, 0.1) is 5.82 Å². The van der Waals surface area contributed by atoms with Crippen molar-refractivity contribution in [3.63, 3.8) is 0 Å². The fourth-order valence-electron chi connectivity index (χ4n) is 2.53. The summed E-state index contributed by atoms with van der Waals surface area (Å²) >= 11 is 0. The number of hydrogen-bond acceptors (Lipinski definition) is 2. The van der Waals surface area contributed by atoms with Gasteiger partial charge in [-0.25, -0.2) is 4.39 Å². The molecular formula is C15H11FO2. The molecule has 0 fully saturated rings. The fourth-order valence-corrected chi connectivity index (χ4v) is 2.53. The Bertz CT molecular complexity index is 634. The van der Waals surface area contributed by atoms with Gasteiger partial charge in [0, 0.05) is 17.9 Å². The maximum Gasteiger partial charge on any atom is 0.164 e. The summed E-state index contributed by atoms with van der Waals surface area (Å²) in [7, 11) is 0. The van der Waals surface area contributed by atoms with E-state index < -0.39 is 0 Å². The van der Waals surface area contributed by atoms with Crippen molar-refractivity contribution >= 4 is 5.78 Å². The molecule has 1 unspecified atom stereocenters. The number of aromatic hydroxyl groups is 1. The Morgan fingerprint density at radius 1 is 1.11 bits per heavy atom. The maximum atomic E-state index is 13.8. The second-order valence-electron chi connectivity index (χ2n) is 4.47. The lowest BCUT2D eigenvalue weighted by Crippen LogP contribution is -1.99. The molecule has 1 atom stereocenters. The van der Waals surface area contributed by atoms with Crippen LogP contribution in [0.2, 0.25) is 0 Å². The predicted octanol–water partition coefficient (Wildman–Crippen LogP) is 3.25. The molecule has 0 amide bonds. The first-order valence-electron chi connectivity index (χ1n) is 5.77. The average molecular weight is 242 g/mol. The lowest BCUT2D eigenvalue weighted by molar-refractivity contribution is 0.0991. The van der Waals surface area contributed by atoms with Gasteiger partial charge in [0.15, 0.2) is 5.78 Å². The topological polar surface area (TPSA) is 37.3 Å². The van der Waals surface area contributed by atoms with Gasteiger partial charge in [0.05, 0.1) is 0 Å². The zero-order valence-corrected chi connectivity index (χ0v) is 9.56. The molecule has 0 bridgehead atoms. The number of benzene rings is 2. The van der Waals surface area contributed by atoms with Gasteiger partial charge in [-0.3, -0.25) is 4.79 Å². The molecule has 2 aromatic carbocycles. The van der Waals surface area contributed by atoms with Gasteiger partial charge in [0.2, 0.25) is 0 Å². The lowest BCUT2D eigenvalue weighted by Gasteiger charge is -2.12. The zero-order valence-electron chi connectivity index (χ0n) is 9.56. The standard InChI is InChI=1S/C15H11FO2/c16-14-4-2-1-3-11(14)12-8-15(18)13-7-9(17)5-6-10(12)13/h1-7,12,17H,8H2. The molecule has 0 aromatic heterocycles. The van der Waals surface area contributed by atoms with Crippen LogP contribution in [0.1, 0.15) is 33.8 Å². The molecule has 0 spiro atoms. The van der Waals surface area contributed by atoms with Crippen LogP contribution >= 0.6 is 0 Å². The number of phenols is 1. The molecule has 2 aromatic rings. The summed E-state index contributed by atoms with van der Waals surface area (Å²) in [6, 6.07) is 11.2. The van der Waals surface area contributed by atoms with Crippen LogP contribution in [0.15, 0.2) is 42.5 Å². The highest BCUT2D eigenvalue weighted by Crippen LogP contribution is 2.40. The van der Waals surface area contributed by atoms with E-state index in [1.165, 1.54) is 18.2 Å². The molecule has 0 aliphatic heterocycles. The van der Waals surface area contributed by atoms with Crippen molar-refractivity contribution in [3.8, 4) is 5.75 Å². The minimum Gasteiger partial charge on any atom is -0.508 e. The highest BCUT2D eigenvalue weighted by molar-refractivity contribution is 6.02. The molecule has 0 saturated carbocycles. The molecule has 18 heavy (non-hydrogen) atoms. The minimum absolute atomic E-state index is 0.0471. The van der Waals surface area contributed by atoms with Crippen molar-refractivity contribution in [2.24, 2.45) is 0 Å². The number of hydrogen-bond donors (Lipinski definition) is 1. The zero-order chi connectivity index (χ0) is 12.7. The summed E-state index contributed by atoms with van der Waals surface area (Å²) in [5.74, 6) is -0.518. The molecule has 90 valence electrons. The number of halogens is 1. The normalized spacial score (nSPS) is 17.8. The van der Waals surface area contributed by atoms with Crippen LogP contribution < -0.4 is 0 Å². The summed E-state index contributed by atoms with van der Waals surface area (Å²) in [5, 5.41) is 9.40. The van der Waals surface area contributed by atoms with Crippen LogP contribution in [-0.4, -0.2) is 10.9 Å². The van der Waals surface area contributed by atoms with Crippen LogP contribution in [0.25, 0.3) is 0 Å². The van der Waals surface area contributed by atoms with Gasteiger partial charge in [0.25, 0.3) is 0 Å². The van der Waals surface area contributed by atoms with E-state index in [-0.39, 0.29) is 29.7 Å². The first kappa shape index (κ1) is 11.0. The van der Waals surface area contributed by atoms with Gasteiger partial charge in [-0.05, 0) is 29.3 Å². The van der Waals surface area contributed by atoms with Gasteiger partial charge in [-0.15, -0.1) is 0 Å². The van der Waals surface area contributed by atoms with E-state index >= 15 is 0 Å². The van der Waals surface area contributed by atoms with Crippen molar-refractivity contribution in [2.75, 3.05) is 0 Å². The minimum atomic E-state index is -0.295. The molecular weight excluding hydrogens is 231 g/mol. The van der Waals surface area contributed by atoms with Crippen LogP contribution in [0.3, 0.4) is 0 Å². The highest BCUT2D eigenvalue weighted by atomic mass is 19.1. The Morgan fingerprint density at radius 3 is 2.67 bits per heavy atom. The van der Waals surface area contributed by atoms with Crippen LogP contribution in [0.5, 0.6) is 5.75 Å². The van der Waals surface area contributed by atoms with E-state index in [4.69, 9.17) is 0 Å². The molecule has 0 radical (unpaired) electrons. The van der Waals surface area contributed by atoms with E-state index in [2.05, 4.69) is 0 Å². The van der Waals surface area contributed by atoms with Gasteiger partial charge >= 0.3 is 0 Å². The van der Waals surface area contributed by atoms with Crippen molar-refractivity contribution < 1.29 is 14.3 Å². The third-order valence-corrected chi connectivity index (χ3v) is 3.38.